The van der Waals surface area contributed by atoms with Gasteiger partial charge in [0.25, 0.3) is 5.60 Å². The lowest BCUT2D eigenvalue weighted by Crippen LogP contribution is -2.56. The Hall–Kier alpha value is -1.35. The average molecular weight is 770 g/mol. The molecule has 6 unspecified atom stereocenters. The third-order valence-electron chi connectivity index (χ3n) is 11.8. The highest BCUT2D eigenvalue weighted by molar-refractivity contribution is 8.76. The number of alkyl halides is 6. The van der Waals surface area contributed by atoms with Gasteiger partial charge in [-0.2, -0.15) is 26.3 Å². The Balaban J connectivity index is 1.06. The van der Waals surface area contributed by atoms with E-state index in [1.54, 1.807) is 0 Å². The summed E-state index contributed by atoms with van der Waals surface area (Å²) < 4.78 is 103. The van der Waals surface area contributed by atoms with Gasteiger partial charge in [-0.15, -0.1) is 0 Å². The second-order valence-corrected chi connectivity index (χ2v) is 17.5. The van der Waals surface area contributed by atoms with E-state index in [2.05, 4.69) is 34.0 Å². The van der Waals surface area contributed by atoms with Crippen molar-refractivity contribution in [1.29, 1.82) is 0 Å². The molecule has 6 nitrogen and oxygen atoms in total. The molecule has 5 rings (SSSR count). The number of rotatable bonds is 16. The number of ether oxygens (including phenoxy) is 3. The standard InChI is InChI=1S/C37H54F6N2O4S2/c1-4-5-17-45(26-14-21-50-51-24-26)23-33(46)44-16-20-47-27-8-10-28-25(22-27)7-9-30-29(28)13-15-34(2)31(30)11-12-32(34)48-18-6-19-49-35(3,36(38,39)40)37(41,42)43/h8,10,22,26,29-32H,4-7,9,11-21,23-24H2,1-3H3,(H,44,46)/i1D. The molecule has 0 spiro atoms. The lowest BCUT2D eigenvalue weighted by molar-refractivity contribution is -0.374. The number of carbonyl (C=O) groups is 1. The van der Waals surface area contributed by atoms with Crippen LogP contribution in [0.3, 0.4) is 0 Å². The number of aryl methyl sites for hydroxylation is 1. The van der Waals surface area contributed by atoms with E-state index in [4.69, 9.17) is 10.8 Å². The van der Waals surface area contributed by atoms with Crippen LogP contribution >= 0.6 is 21.6 Å². The Morgan fingerprint density at radius 2 is 1.84 bits per heavy atom. The quantitative estimate of drug-likeness (QED) is 0.102. The van der Waals surface area contributed by atoms with Gasteiger partial charge in [0.1, 0.15) is 12.4 Å². The molecule has 1 aromatic rings. The molecule has 2 saturated carbocycles. The van der Waals surface area contributed by atoms with E-state index in [0.29, 0.717) is 50.4 Å². The maximum Gasteiger partial charge on any atom is 0.426 e. The molecule has 1 amide bonds. The number of benzene rings is 1. The fourth-order valence-corrected chi connectivity index (χ4v) is 11.3. The first-order chi connectivity index (χ1) is 24.7. The normalized spacial score (nSPS) is 28.5. The average Bonchev–Trinajstić information content (AvgIpc) is 3.44. The van der Waals surface area contributed by atoms with Crippen molar-refractivity contribution in [2.45, 2.75) is 121 Å². The molecule has 3 aliphatic carbocycles. The van der Waals surface area contributed by atoms with Crippen LogP contribution in [0.5, 0.6) is 5.75 Å². The number of hydrogen-bond acceptors (Lipinski definition) is 7. The lowest BCUT2D eigenvalue weighted by Gasteiger charge is -2.50. The van der Waals surface area contributed by atoms with Gasteiger partial charge in [0.2, 0.25) is 5.91 Å². The van der Waals surface area contributed by atoms with Gasteiger partial charge < -0.3 is 19.5 Å². The first kappa shape index (κ1) is 39.3. The van der Waals surface area contributed by atoms with E-state index in [-0.39, 0.29) is 37.4 Å². The van der Waals surface area contributed by atoms with Crippen LogP contribution in [0, 0.1) is 17.3 Å². The summed E-state index contributed by atoms with van der Waals surface area (Å²) in [5.74, 6) is 4.26. The molecule has 4 aliphatic rings. The fourth-order valence-electron chi connectivity index (χ4n) is 8.81. The van der Waals surface area contributed by atoms with Crippen molar-refractivity contribution >= 4 is 27.5 Å². The highest BCUT2D eigenvalue weighted by atomic mass is 33.1. The van der Waals surface area contributed by atoms with Gasteiger partial charge in [0.05, 0.1) is 25.8 Å². The molecular formula is C37H54F6N2O4S2. The summed E-state index contributed by atoms with van der Waals surface area (Å²) in [6.07, 6.45) is -2.69. The van der Waals surface area contributed by atoms with Crippen LogP contribution in [0.25, 0.3) is 0 Å². The summed E-state index contributed by atoms with van der Waals surface area (Å²) in [6.45, 7) is 4.04. The number of amides is 1. The third kappa shape index (κ3) is 9.49. The maximum atomic E-state index is 13.1. The summed E-state index contributed by atoms with van der Waals surface area (Å²) in [6, 6.07) is 6.75. The smallest absolute Gasteiger partial charge is 0.426 e. The number of unbranched alkanes of at least 4 members (excludes halogenated alkanes) is 1. The molecular weight excluding hydrogens is 715 g/mol. The van der Waals surface area contributed by atoms with E-state index in [1.807, 2.05) is 27.7 Å². The molecule has 0 radical (unpaired) electrons. The van der Waals surface area contributed by atoms with Gasteiger partial charge in [-0.25, -0.2) is 0 Å². The fraction of sp³-hybridized carbons (Fsp3) is 0.811. The van der Waals surface area contributed by atoms with Crippen molar-refractivity contribution in [2.75, 3.05) is 51.0 Å². The number of halogens is 6. The number of fused-ring (bicyclic) bond motifs is 5. The van der Waals surface area contributed by atoms with Crippen LogP contribution in [-0.2, 0) is 20.7 Å². The van der Waals surface area contributed by atoms with Crippen molar-refractivity contribution < 1.29 is 46.7 Å². The van der Waals surface area contributed by atoms with E-state index in [1.165, 1.54) is 11.1 Å². The highest BCUT2D eigenvalue weighted by Crippen LogP contribution is 2.61. The minimum atomic E-state index is -5.57. The van der Waals surface area contributed by atoms with Crippen LogP contribution in [0.15, 0.2) is 18.2 Å². The molecule has 6 atom stereocenters. The van der Waals surface area contributed by atoms with E-state index in [9.17, 15) is 31.1 Å². The molecule has 1 aromatic carbocycles. The van der Waals surface area contributed by atoms with Crippen molar-refractivity contribution in [1.82, 2.24) is 10.2 Å². The molecule has 1 N–H and O–H groups in total. The van der Waals surface area contributed by atoms with Crippen molar-refractivity contribution in [2.24, 2.45) is 17.3 Å². The molecule has 0 aromatic heterocycles. The Labute approximate surface area is 308 Å². The molecule has 1 saturated heterocycles. The first-order valence-electron chi connectivity index (χ1n) is 19.1. The Kier molecular flexibility index (Phi) is 13.4. The predicted molar refractivity (Wildman–Crippen MR) is 190 cm³/mol. The summed E-state index contributed by atoms with van der Waals surface area (Å²) >= 11 is 0. The van der Waals surface area contributed by atoms with E-state index in [0.717, 1.165) is 81.6 Å². The van der Waals surface area contributed by atoms with E-state index < -0.39 is 24.6 Å². The third-order valence-corrected chi connectivity index (χ3v) is 14.3. The van der Waals surface area contributed by atoms with Crippen LogP contribution in [0.4, 0.5) is 26.3 Å². The number of carbonyl (C=O) groups excluding carboxylic acids is 1. The summed E-state index contributed by atoms with van der Waals surface area (Å²) in [5, 5.41) is 3.02. The Bertz CT molecular complexity index is 1310. The monoisotopic (exact) mass is 769 g/mol. The highest BCUT2D eigenvalue weighted by Gasteiger charge is 2.69. The SMILES string of the molecule is [2H]CCCCN(CC(=O)NCCOc1ccc2c(c1)CCC1C2CCC2(C)C(OCCCOC(C)(C(F)(F)F)C(F)(F)F)CCC12)C1CCSSC1. The minimum Gasteiger partial charge on any atom is -0.492 e. The summed E-state index contributed by atoms with van der Waals surface area (Å²) in [5.41, 5.74) is -1.63. The summed E-state index contributed by atoms with van der Waals surface area (Å²) in [4.78, 5) is 15.1. The van der Waals surface area contributed by atoms with Crippen molar-refractivity contribution in [3.05, 3.63) is 29.3 Å². The Morgan fingerprint density at radius 1 is 1.04 bits per heavy atom. The first-order valence-corrected chi connectivity index (χ1v) is 20.9. The van der Waals surface area contributed by atoms with Crippen LogP contribution in [0.2, 0.25) is 0 Å². The van der Waals surface area contributed by atoms with E-state index >= 15 is 0 Å². The molecule has 3 fully saturated rings. The van der Waals surface area contributed by atoms with Gasteiger partial charge in [0, 0.05) is 25.5 Å². The molecule has 1 heterocycles. The van der Waals surface area contributed by atoms with Crippen molar-refractivity contribution in [3.63, 3.8) is 0 Å². The minimum absolute atomic E-state index is 0.00136. The van der Waals surface area contributed by atoms with Gasteiger partial charge in [-0.1, -0.05) is 47.9 Å². The lowest BCUT2D eigenvalue weighted by atomic mass is 9.55. The zero-order valence-electron chi connectivity index (χ0n) is 30.7. The summed E-state index contributed by atoms with van der Waals surface area (Å²) in [7, 11) is 3.76. The molecule has 0 bridgehead atoms. The van der Waals surface area contributed by atoms with Crippen LogP contribution in [0.1, 0.15) is 97.0 Å². The van der Waals surface area contributed by atoms with Gasteiger partial charge >= 0.3 is 12.4 Å². The second-order valence-electron chi connectivity index (χ2n) is 14.9. The van der Waals surface area contributed by atoms with Gasteiger partial charge in [-0.05, 0) is 118 Å². The topological polar surface area (TPSA) is 60.0 Å². The molecule has 51 heavy (non-hydrogen) atoms. The Morgan fingerprint density at radius 3 is 2.57 bits per heavy atom. The zero-order valence-corrected chi connectivity index (χ0v) is 31.4. The second kappa shape index (κ2) is 17.4. The van der Waals surface area contributed by atoms with Crippen molar-refractivity contribution in [3.8, 4) is 5.75 Å². The largest absolute Gasteiger partial charge is 0.492 e. The number of hydrogen-bond donors (Lipinski definition) is 1. The molecule has 14 heteroatoms. The number of nitrogens with one attached hydrogen (secondary N) is 1. The van der Waals surface area contributed by atoms with Gasteiger partial charge in [-0.3, -0.25) is 9.69 Å². The molecule has 290 valence electrons. The predicted octanol–water partition coefficient (Wildman–Crippen LogP) is 8.97. The van der Waals surface area contributed by atoms with Crippen LogP contribution in [-0.4, -0.2) is 91.9 Å². The molecule has 1 aliphatic heterocycles. The zero-order chi connectivity index (χ0) is 37.6. The maximum absolute atomic E-state index is 13.1. The van der Waals surface area contributed by atoms with Gasteiger partial charge in [0.15, 0.2) is 0 Å². The van der Waals surface area contributed by atoms with Crippen LogP contribution < -0.4 is 10.1 Å². The number of nitrogens with zero attached hydrogens (tertiary/aromatic N) is 1.